The highest BCUT2D eigenvalue weighted by atomic mass is 16.5. The Morgan fingerprint density at radius 3 is 2.31 bits per heavy atom. The summed E-state index contributed by atoms with van der Waals surface area (Å²) in [6.45, 7) is 8.18. The first-order valence-electron chi connectivity index (χ1n) is 12.1. The summed E-state index contributed by atoms with van der Waals surface area (Å²) in [4.78, 5) is 2.48. The van der Waals surface area contributed by atoms with E-state index in [2.05, 4.69) is 65.6 Å². The SMILES string of the molecule is CC.Oc1ccc2c(c1)CC(c1ccccc1)C2c1ccc(OCCN2CCCC2)cc1. The van der Waals surface area contributed by atoms with Crippen LogP contribution in [0.3, 0.4) is 0 Å². The Balaban J connectivity index is 0.00000119. The maximum Gasteiger partial charge on any atom is 0.119 e. The van der Waals surface area contributed by atoms with Gasteiger partial charge in [-0.05, 0) is 84.8 Å². The Morgan fingerprint density at radius 2 is 1.59 bits per heavy atom. The van der Waals surface area contributed by atoms with Crippen LogP contribution in [0.1, 0.15) is 60.8 Å². The van der Waals surface area contributed by atoms with Crippen LogP contribution in [0.15, 0.2) is 72.8 Å². The first-order chi connectivity index (χ1) is 15.8. The van der Waals surface area contributed by atoms with Crippen LogP contribution in [-0.4, -0.2) is 36.2 Å². The molecule has 3 heteroatoms. The van der Waals surface area contributed by atoms with E-state index in [1.54, 1.807) is 0 Å². The van der Waals surface area contributed by atoms with Crippen LogP contribution in [0.25, 0.3) is 0 Å². The van der Waals surface area contributed by atoms with Crippen molar-refractivity contribution in [3.63, 3.8) is 0 Å². The van der Waals surface area contributed by atoms with Gasteiger partial charge in [-0.15, -0.1) is 0 Å². The summed E-state index contributed by atoms with van der Waals surface area (Å²) in [6.07, 6.45) is 3.59. The number of ether oxygens (including phenoxy) is 1. The molecule has 5 rings (SSSR count). The summed E-state index contributed by atoms with van der Waals surface area (Å²) in [6, 6.07) is 25.2. The van der Waals surface area contributed by atoms with Crippen LogP contribution in [0.4, 0.5) is 0 Å². The van der Waals surface area contributed by atoms with Crippen molar-refractivity contribution in [2.45, 2.75) is 44.9 Å². The van der Waals surface area contributed by atoms with Gasteiger partial charge in [-0.2, -0.15) is 0 Å². The quantitative estimate of drug-likeness (QED) is 0.494. The molecule has 32 heavy (non-hydrogen) atoms. The van der Waals surface area contributed by atoms with E-state index in [4.69, 9.17) is 4.74 Å². The number of nitrogens with zero attached hydrogens (tertiary/aromatic N) is 1. The number of fused-ring (bicyclic) bond motifs is 1. The molecule has 168 valence electrons. The molecule has 1 saturated heterocycles. The van der Waals surface area contributed by atoms with E-state index in [-0.39, 0.29) is 0 Å². The Kier molecular flexibility index (Phi) is 7.49. The fraction of sp³-hybridized carbons (Fsp3) is 0.379. The minimum atomic E-state index is 0.293. The minimum Gasteiger partial charge on any atom is -0.508 e. The van der Waals surface area contributed by atoms with Gasteiger partial charge in [-0.3, -0.25) is 4.90 Å². The monoisotopic (exact) mass is 429 g/mol. The molecule has 2 atom stereocenters. The number of phenols is 1. The van der Waals surface area contributed by atoms with Gasteiger partial charge in [0.15, 0.2) is 0 Å². The van der Waals surface area contributed by atoms with Crippen molar-refractivity contribution >= 4 is 0 Å². The minimum absolute atomic E-state index is 0.293. The van der Waals surface area contributed by atoms with Crippen molar-refractivity contribution < 1.29 is 9.84 Å². The average Bonchev–Trinajstić information content (AvgIpc) is 3.49. The first kappa shape index (κ1) is 22.4. The lowest BCUT2D eigenvalue weighted by molar-refractivity contribution is 0.237. The molecule has 1 heterocycles. The highest BCUT2D eigenvalue weighted by Crippen LogP contribution is 2.48. The summed E-state index contributed by atoms with van der Waals surface area (Å²) < 4.78 is 6.01. The molecule has 1 fully saturated rings. The zero-order valence-electron chi connectivity index (χ0n) is 19.3. The molecule has 2 aliphatic rings. The summed E-state index contributed by atoms with van der Waals surface area (Å²) >= 11 is 0. The van der Waals surface area contributed by atoms with Gasteiger partial charge in [-0.25, -0.2) is 0 Å². The van der Waals surface area contributed by atoms with Crippen molar-refractivity contribution in [3.8, 4) is 11.5 Å². The number of benzene rings is 3. The third-order valence-electron chi connectivity index (χ3n) is 6.65. The molecule has 3 aromatic carbocycles. The predicted octanol–water partition coefficient (Wildman–Crippen LogP) is 6.36. The van der Waals surface area contributed by atoms with Crippen molar-refractivity contribution in [3.05, 3.63) is 95.1 Å². The third-order valence-corrected chi connectivity index (χ3v) is 6.65. The van der Waals surface area contributed by atoms with E-state index in [1.165, 1.54) is 48.2 Å². The molecule has 0 saturated carbocycles. The fourth-order valence-corrected chi connectivity index (χ4v) is 5.14. The van der Waals surface area contributed by atoms with Crippen LogP contribution in [0, 0.1) is 0 Å². The molecule has 0 aromatic heterocycles. The zero-order valence-corrected chi connectivity index (χ0v) is 19.3. The molecule has 0 amide bonds. The fourth-order valence-electron chi connectivity index (χ4n) is 5.14. The lowest BCUT2D eigenvalue weighted by Crippen LogP contribution is -2.25. The maximum atomic E-state index is 9.99. The van der Waals surface area contributed by atoms with Gasteiger partial charge in [0.2, 0.25) is 0 Å². The number of hydrogen-bond acceptors (Lipinski definition) is 3. The van der Waals surface area contributed by atoms with Crippen LogP contribution < -0.4 is 4.74 Å². The molecule has 0 spiro atoms. The van der Waals surface area contributed by atoms with Gasteiger partial charge in [-0.1, -0.05) is 62.4 Å². The Morgan fingerprint density at radius 1 is 0.875 bits per heavy atom. The van der Waals surface area contributed by atoms with Gasteiger partial charge >= 0.3 is 0 Å². The van der Waals surface area contributed by atoms with Crippen molar-refractivity contribution in [2.24, 2.45) is 0 Å². The van der Waals surface area contributed by atoms with E-state index in [0.717, 1.165) is 25.3 Å². The maximum absolute atomic E-state index is 9.99. The summed E-state index contributed by atoms with van der Waals surface area (Å²) in [7, 11) is 0. The van der Waals surface area contributed by atoms with Crippen LogP contribution in [0.5, 0.6) is 11.5 Å². The number of phenolic OH excluding ortho intramolecular Hbond substituents is 1. The highest BCUT2D eigenvalue weighted by Gasteiger charge is 2.34. The Labute approximate surface area is 192 Å². The van der Waals surface area contributed by atoms with E-state index in [1.807, 2.05) is 26.0 Å². The number of aromatic hydroxyl groups is 1. The number of rotatable bonds is 6. The van der Waals surface area contributed by atoms with Crippen molar-refractivity contribution in [1.29, 1.82) is 0 Å². The average molecular weight is 430 g/mol. The van der Waals surface area contributed by atoms with Gasteiger partial charge in [0.05, 0.1) is 0 Å². The molecule has 1 N–H and O–H groups in total. The van der Waals surface area contributed by atoms with E-state index < -0.39 is 0 Å². The zero-order chi connectivity index (χ0) is 22.3. The Bertz CT molecular complexity index is 978. The second-order valence-electron chi connectivity index (χ2n) is 8.55. The van der Waals surface area contributed by atoms with Gasteiger partial charge in [0, 0.05) is 12.5 Å². The van der Waals surface area contributed by atoms with E-state index >= 15 is 0 Å². The highest BCUT2D eigenvalue weighted by molar-refractivity contribution is 5.50. The molecular weight excluding hydrogens is 394 g/mol. The lowest BCUT2D eigenvalue weighted by Gasteiger charge is -2.22. The number of hydrogen-bond donors (Lipinski definition) is 1. The number of likely N-dealkylation sites (tertiary alicyclic amines) is 1. The van der Waals surface area contributed by atoms with Crippen molar-refractivity contribution in [2.75, 3.05) is 26.2 Å². The normalized spacial score (nSPS) is 19.8. The molecule has 0 radical (unpaired) electrons. The molecular formula is C29H35NO2. The summed E-state index contributed by atoms with van der Waals surface area (Å²) in [5.74, 6) is 1.97. The summed E-state index contributed by atoms with van der Waals surface area (Å²) in [5.41, 5.74) is 5.23. The molecule has 1 aliphatic carbocycles. The lowest BCUT2D eigenvalue weighted by atomic mass is 9.82. The van der Waals surface area contributed by atoms with Crippen LogP contribution >= 0.6 is 0 Å². The van der Waals surface area contributed by atoms with Crippen LogP contribution in [-0.2, 0) is 6.42 Å². The van der Waals surface area contributed by atoms with Gasteiger partial charge in [0.1, 0.15) is 18.1 Å². The molecule has 0 bridgehead atoms. The van der Waals surface area contributed by atoms with E-state index in [0.29, 0.717) is 17.6 Å². The first-order valence-corrected chi connectivity index (χ1v) is 12.1. The van der Waals surface area contributed by atoms with Gasteiger partial charge < -0.3 is 9.84 Å². The van der Waals surface area contributed by atoms with E-state index in [9.17, 15) is 5.11 Å². The predicted molar refractivity (Wildman–Crippen MR) is 132 cm³/mol. The molecule has 1 aliphatic heterocycles. The standard InChI is InChI=1S/C27H29NO2.C2H6/c29-23-10-13-25-22(18-23)19-26(20-6-2-1-3-7-20)27(25)21-8-11-24(12-9-21)30-17-16-28-14-4-5-15-28;1-2/h1-3,6-13,18,26-27,29H,4-5,14-17,19H2;1-2H3. The van der Waals surface area contributed by atoms with Crippen molar-refractivity contribution in [1.82, 2.24) is 4.90 Å². The molecule has 2 unspecified atom stereocenters. The third kappa shape index (κ3) is 4.99. The second-order valence-corrected chi connectivity index (χ2v) is 8.55. The largest absolute Gasteiger partial charge is 0.508 e. The smallest absolute Gasteiger partial charge is 0.119 e. The summed E-state index contributed by atoms with van der Waals surface area (Å²) in [5, 5.41) is 9.99. The second kappa shape index (κ2) is 10.7. The molecule has 3 aromatic rings. The molecule has 3 nitrogen and oxygen atoms in total. The topological polar surface area (TPSA) is 32.7 Å². The van der Waals surface area contributed by atoms with Gasteiger partial charge in [0.25, 0.3) is 0 Å². The Hall–Kier alpha value is -2.78. The van der Waals surface area contributed by atoms with Crippen LogP contribution in [0.2, 0.25) is 0 Å².